The monoisotopic (exact) mass is 437 g/mol. The van der Waals surface area contributed by atoms with Crippen LogP contribution in [0.15, 0.2) is 77.7 Å². The third-order valence-corrected chi connectivity index (χ3v) is 6.37. The summed E-state index contributed by atoms with van der Waals surface area (Å²) in [4.78, 5) is 25.0. The average molecular weight is 437 g/mol. The first-order valence-electron chi connectivity index (χ1n) is 9.47. The lowest BCUT2D eigenvalue weighted by atomic mass is 9.88. The number of hydrogen-bond donors (Lipinski definition) is 2. The second-order valence-corrected chi connectivity index (χ2v) is 8.88. The molecule has 8 heteroatoms. The van der Waals surface area contributed by atoms with Gasteiger partial charge >= 0.3 is 10.1 Å². The molecule has 0 bridgehead atoms. The SMILES string of the molecule is Cc1ccc(S(=O)(=O)Oc2ccc(C(=O)C[C@]3(O)C(=O)Nc4ccccc43)cc2)cc1. The van der Waals surface area contributed by atoms with Crippen LogP contribution in [0.5, 0.6) is 5.75 Å². The Kier molecular flexibility index (Phi) is 5.12. The number of rotatable bonds is 6. The quantitative estimate of drug-likeness (QED) is 0.453. The fourth-order valence-corrected chi connectivity index (χ4v) is 4.32. The predicted octanol–water partition coefficient (Wildman–Crippen LogP) is 3.18. The first kappa shape index (κ1) is 20.8. The van der Waals surface area contributed by atoms with Crippen molar-refractivity contribution >= 4 is 27.5 Å². The van der Waals surface area contributed by atoms with E-state index in [4.69, 9.17) is 4.18 Å². The summed E-state index contributed by atoms with van der Waals surface area (Å²) in [5.41, 5.74) is -0.0180. The molecule has 0 fully saturated rings. The number of nitrogens with one attached hydrogen (secondary N) is 1. The van der Waals surface area contributed by atoms with Crippen LogP contribution < -0.4 is 9.50 Å². The van der Waals surface area contributed by atoms with Crippen LogP contribution in [0.25, 0.3) is 0 Å². The van der Waals surface area contributed by atoms with Crippen molar-refractivity contribution in [2.45, 2.75) is 23.8 Å². The van der Waals surface area contributed by atoms with Gasteiger partial charge in [-0.25, -0.2) is 0 Å². The lowest BCUT2D eigenvalue weighted by Crippen LogP contribution is -2.36. The number of amides is 1. The minimum atomic E-state index is -4.01. The molecule has 31 heavy (non-hydrogen) atoms. The van der Waals surface area contributed by atoms with Gasteiger partial charge in [0.15, 0.2) is 11.4 Å². The van der Waals surface area contributed by atoms with Gasteiger partial charge in [0.2, 0.25) is 0 Å². The van der Waals surface area contributed by atoms with Gasteiger partial charge in [-0.2, -0.15) is 8.42 Å². The Morgan fingerprint density at radius 1 is 1.00 bits per heavy atom. The van der Waals surface area contributed by atoms with Crippen LogP contribution in [-0.4, -0.2) is 25.2 Å². The number of ketones is 1. The van der Waals surface area contributed by atoms with E-state index in [9.17, 15) is 23.1 Å². The lowest BCUT2D eigenvalue weighted by Gasteiger charge is -2.20. The van der Waals surface area contributed by atoms with Gasteiger partial charge in [-0.15, -0.1) is 0 Å². The molecule has 1 aliphatic heterocycles. The largest absolute Gasteiger partial charge is 0.379 e. The van der Waals surface area contributed by atoms with E-state index in [1.807, 2.05) is 6.92 Å². The zero-order valence-corrected chi connectivity index (χ0v) is 17.3. The van der Waals surface area contributed by atoms with Gasteiger partial charge in [0.1, 0.15) is 10.6 Å². The van der Waals surface area contributed by atoms with Crippen LogP contribution in [0.1, 0.15) is 27.9 Å². The molecule has 1 heterocycles. The smallest absolute Gasteiger partial charge is 0.339 e. The number of hydrogen-bond acceptors (Lipinski definition) is 6. The van der Waals surface area contributed by atoms with Gasteiger partial charge in [-0.3, -0.25) is 9.59 Å². The molecule has 0 spiro atoms. The summed E-state index contributed by atoms with van der Waals surface area (Å²) in [5, 5.41) is 13.4. The van der Waals surface area contributed by atoms with Gasteiger partial charge in [-0.1, -0.05) is 35.9 Å². The fourth-order valence-electron chi connectivity index (χ4n) is 3.39. The summed E-state index contributed by atoms with van der Waals surface area (Å²) in [5.74, 6) is -1.09. The summed E-state index contributed by atoms with van der Waals surface area (Å²) < 4.78 is 29.9. The first-order valence-corrected chi connectivity index (χ1v) is 10.9. The highest BCUT2D eigenvalue weighted by atomic mass is 32.2. The fraction of sp³-hybridized carbons (Fsp3) is 0.130. The normalized spacial score (nSPS) is 17.7. The van der Waals surface area contributed by atoms with Crippen LogP contribution in [0.3, 0.4) is 0 Å². The molecular formula is C23H19NO6S. The van der Waals surface area contributed by atoms with E-state index in [0.29, 0.717) is 11.3 Å². The molecule has 3 aromatic rings. The van der Waals surface area contributed by atoms with Crippen molar-refractivity contribution in [3.05, 3.63) is 89.5 Å². The number of benzene rings is 3. The maximum atomic E-state index is 12.7. The molecular weight excluding hydrogens is 418 g/mol. The number of aliphatic hydroxyl groups is 1. The number of fused-ring (bicyclic) bond motifs is 1. The maximum absolute atomic E-state index is 12.7. The molecule has 2 N–H and O–H groups in total. The number of carbonyl (C=O) groups excluding carboxylic acids is 2. The van der Waals surface area contributed by atoms with Gasteiger partial charge in [-0.05, 0) is 49.4 Å². The van der Waals surface area contributed by atoms with Crippen molar-refractivity contribution in [3.8, 4) is 5.75 Å². The predicted molar refractivity (Wildman–Crippen MR) is 113 cm³/mol. The topological polar surface area (TPSA) is 110 Å². The van der Waals surface area contributed by atoms with E-state index >= 15 is 0 Å². The van der Waals surface area contributed by atoms with Crippen LogP contribution >= 0.6 is 0 Å². The van der Waals surface area contributed by atoms with E-state index in [0.717, 1.165) is 5.56 Å². The van der Waals surface area contributed by atoms with Crippen LogP contribution in [0, 0.1) is 6.92 Å². The molecule has 7 nitrogen and oxygen atoms in total. The van der Waals surface area contributed by atoms with Crippen molar-refractivity contribution in [1.29, 1.82) is 0 Å². The van der Waals surface area contributed by atoms with Gasteiger partial charge in [0.05, 0.1) is 6.42 Å². The highest BCUT2D eigenvalue weighted by Crippen LogP contribution is 2.38. The van der Waals surface area contributed by atoms with Crippen molar-refractivity contribution in [3.63, 3.8) is 0 Å². The maximum Gasteiger partial charge on any atom is 0.339 e. The lowest BCUT2D eigenvalue weighted by molar-refractivity contribution is -0.133. The molecule has 158 valence electrons. The summed E-state index contributed by atoms with van der Waals surface area (Å²) in [6, 6.07) is 18.4. The molecule has 0 saturated carbocycles. The van der Waals surface area contributed by atoms with E-state index < -0.39 is 33.8 Å². The zero-order chi connectivity index (χ0) is 22.2. The van der Waals surface area contributed by atoms with Gasteiger partial charge < -0.3 is 14.6 Å². The molecule has 0 aromatic heterocycles. The highest BCUT2D eigenvalue weighted by Gasteiger charge is 2.46. The Balaban J connectivity index is 1.50. The number of aryl methyl sites for hydroxylation is 1. The van der Waals surface area contributed by atoms with E-state index in [1.165, 1.54) is 36.4 Å². The average Bonchev–Trinajstić information content (AvgIpc) is 2.98. The Bertz CT molecular complexity index is 1270. The molecule has 0 saturated heterocycles. The molecule has 1 atom stereocenters. The van der Waals surface area contributed by atoms with Crippen molar-refractivity contribution in [2.75, 3.05) is 5.32 Å². The van der Waals surface area contributed by atoms with E-state index in [1.54, 1.807) is 36.4 Å². The molecule has 0 radical (unpaired) electrons. The second-order valence-electron chi connectivity index (χ2n) is 7.33. The number of Topliss-reactive ketones (excluding diaryl/α,β-unsaturated/α-hetero) is 1. The van der Waals surface area contributed by atoms with E-state index in [-0.39, 0.29) is 16.2 Å². The molecule has 0 aliphatic carbocycles. The Morgan fingerprint density at radius 2 is 1.65 bits per heavy atom. The summed E-state index contributed by atoms with van der Waals surface area (Å²) >= 11 is 0. The van der Waals surface area contributed by atoms with Crippen LogP contribution in [-0.2, 0) is 20.5 Å². The standard InChI is InChI=1S/C23H19NO6S/c1-15-6-12-18(13-7-15)31(28,29)30-17-10-8-16(9-11-17)21(25)14-23(27)19-4-2-3-5-20(19)24-22(23)26/h2-13,27H,14H2,1H3,(H,24,26)/t23-/m1/s1. The van der Waals surface area contributed by atoms with Crippen LogP contribution in [0.4, 0.5) is 5.69 Å². The van der Waals surface area contributed by atoms with Gasteiger partial charge in [0, 0.05) is 16.8 Å². The number of para-hydroxylation sites is 1. The van der Waals surface area contributed by atoms with Crippen molar-refractivity contribution in [2.24, 2.45) is 0 Å². The molecule has 1 aliphatic rings. The Hall–Kier alpha value is -3.49. The third kappa shape index (κ3) is 3.95. The molecule has 4 rings (SSSR count). The highest BCUT2D eigenvalue weighted by molar-refractivity contribution is 7.87. The van der Waals surface area contributed by atoms with Gasteiger partial charge in [0.25, 0.3) is 5.91 Å². The summed E-state index contributed by atoms with van der Waals surface area (Å²) in [6.45, 7) is 1.84. The number of carbonyl (C=O) groups is 2. The van der Waals surface area contributed by atoms with Crippen LogP contribution in [0.2, 0.25) is 0 Å². The summed E-state index contributed by atoms with van der Waals surface area (Å²) in [7, 11) is -4.01. The Morgan fingerprint density at radius 3 is 2.32 bits per heavy atom. The second kappa shape index (κ2) is 7.64. The zero-order valence-electron chi connectivity index (χ0n) is 16.5. The summed E-state index contributed by atoms with van der Waals surface area (Å²) in [6.07, 6.45) is -0.447. The Labute approximate surface area is 179 Å². The first-order chi connectivity index (χ1) is 14.7. The minimum absolute atomic E-state index is 0.0198. The molecule has 0 unspecified atom stereocenters. The molecule has 1 amide bonds. The van der Waals surface area contributed by atoms with Crippen molar-refractivity contribution < 1.29 is 27.3 Å². The minimum Gasteiger partial charge on any atom is -0.379 e. The third-order valence-electron chi connectivity index (χ3n) is 5.10. The number of anilines is 1. The van der Waals surface area contributed by atoms with Crippen molar-refractivity contribution in [1.82, 2.24) is 0 Å². The van der Waals surface area contributed by atoms with E-state index in [2.05, 4.69) is 5.32 Å². The molecule has 3 aromatic carbocycles.